The third-order valence-corrected chi connectivity index (χ3v) is 6.87. The van der Waals surface area contributed by atoms with Crippen LogP contribution >= 0.6 is 15.3 Å². The van der Waals surface area contributed by atoms with Crippen LogP contribution in [-0.4, -0.2) is 20.4 Å². The van der Waals surface area contributed by atoms with Crippen molar-refractivity contribution >= 4 is 27.7 Å². The molecule has 0 heterocycles. The molecule has 14 heavy (non-hydrogen) atoms. The van der Waals surface area contributed by atoms with Gasteiger partial charge in [0.15, 0.2) is 0 Å². The molecule has 2 nitrogen and oxygen atoms in total. The van der Waals surface area contributed by atoms with Gasteiger partial charge in [0.2, 0.25) is 0 Å². The van der Waals surface area contributed by atoms with E-state index in [0.29, 0.717) is 13.2 Å². The van der Waals surface area contributed by atoms with Crippen molar-refractivity contribution in [2.75, 3.05) is 13.2 Å². The molecule has 0 aliphatic carbocycles. The predicted molar refractivity (Wildman–Crippen MR) is 64.0 cm³/mol. The topological polar surface area (TPSA) is 18.5 Å². The summed E-state index contributed by atoms with van der Waals surface area (Å²) in [6.45, 7) is 5.27. The van der Waals surface area contributed by atoms with Gasteiger partial charge in [0.05, 0.1) is 0 Å². The Balaban J connectivity index is 2.87. The largest absolute Gasteiger partial charge is 0.448 e. The summed E-state index contributed by atoms with van der Waals surface area (Å²) in [4.78, 5) is 0. The highest BCUT2D eigenvalue weighted by atomic mass is 79.9. The Morgan fingerprint density at radius 3 is 2.00 bits per heavy atom. The fraction of sp³-hybridized carbons (Fsp3) is 0.400. The molecule has 0 radical (unpaired) electrons. The molecule has 1 aromatic carbocycles. The Kier molecular flexibility index (Phi) is 4.81. The van der Waals surface area contributed by atoms with Crippen LogP contribution in [0, 0.1) is 0 Å². The lowest BCUT2D eigenvalue weighted by Gasteiger charge is -2.23. The van der Waals surface area contributed by atoms with Gasteiger partial charge in [0.25, 0.3) is 0 Å². The Morgan fingerprint density at radius 1 is 1.07 bits per heavy atom. The van der Waals surface area contributed by atoms with Crippen molar-refractivity contribution in [1.29, 1.82) is 0 Å². The minimum Gasteiger partial charge on any atom is -0.383 e. The van der Waals surface area contributed by atoms with Crippen LogP contribution in [0.25, 0.3) is 0 Å². The van der Waals surface area contributed by atoms with Crippen LogP contribution in [0.3, 0.4) is 0 Å². The van der Waals surface area contributed by atoms with Gasteiger partial charge in [-0.3, -0.25) is 0 Å². The van der Waals surface area contributed by atoms with E-state index in [-0.39, 0.29) is 0 Å². The molecule has 0 aliphatic rings. The summed E-state index contributed by atoms with van der Waals surface area (Å²) in [6.07, 6.45) is 0. The van der Waals surface area contributed by atoms with E-state index in [1.165, 1.54) is 0 Å². The van der Waals surface area contributed by atoms with E-state index in [2.05, 4.69) is 15.3 Å². The van der Waals surface area contributed by atoms with Crippen LogP contribution in [0.4, 0.5) is 0 Å². The standard InChI is InChI=1S/C10H15BrO2Si/c1-3-12-14(11,13-4-2)10-8-6-5-7-9-10/h5-9H,3-4H2,1-2H3. The number of hydrogen-bond donors (Lipinski definition) is 0. The zero-order chi connectivity index (χ0) is 10.4. The minimum atomic E-state index is -2.31. The van der Waals surface area contributed by atoms with Crippen LogP contribution in [-0.2, 0) is 8.85 Å². The van der Waals surface area contributed by atoms with Gasteiger partial charge in [-0.1, -0.05) is 45.6 Å². The molecule has 0 unspecified atom stereocenters. The van der Waals surface area contributed by atoms with Crippen LogP contribution in [0.5, 0.6) is 0 Å². The molecule has 78 valence electrons. The van der Waals surface area contributed by atoms with Gasteiger partial charge in [-0.15, -0.1) is 0 Å². The van der Waals surface area contributed by atoms with E-state index in [1.807, 2.05) is 44.2 Å². The van der Waals surface area contributed by atoms with Crippen LogP contribution < -0.4 is 5.19 Å². The summed E-state index contributed by atoms with van der Waals surface area (Å²) < 4.78 is 11.4. The monoisotopic (exact) mass is 274 g/mol. The van der Waals surface area contributed by atoms with E-state index >= 15 is 0 Å². The summed E-state index contributed by atoms with van der Waals surface area (Å²) in [7, 11) is -2.31. The molecule has 0 saturated heterocycles. The highest BCUT2D eigenvalue weighted by Crippen LogP contribution is 2.15. The third kappa shape index (κ3) is 2.92. The number of benzene rings is 1. The van der Waals surface area contributed by atoms with Crippen molar-refractivity contribution in [2.45, 2.75) is 13.8 Å². The smallest absolute Gasteiger partial charge is 0.383 e. The van der Waals surface area contributed by atoms with Gasteiger partial charge in [0.1, 0.15) is 0 Å². The maximum atomic E-state index is 5.69. The molecular formula is C10H15BrO2Si. The van der Waals surface area contributed by atoms with Crippen LogP contribution in [0.15, 0.2) is 30.3 Å². The second kappa shape index (κ2) is 5.65. The molecule has 0 amide bonds. The minimum absolute atomic E-state index is 0.659. The van der Waals surface area contributed by atoms with Gasteiger partial charge < -0.3 is 8.85 Å². The Labute approximate surface area is 94.1 Å². The van der Waals surface area contributed by atoms with Gasteiger partial charge in [-0.2, -0.15) is 0 Å². The van der Waals surface area contributed by atoms with Gasteiger partial charge in [-0.05, 0) is 13.8 Å². The molecule has 0 fully saturated rings. The van der Waals surface area contributed by atoms with Gasteiger partial charge in [0, 0.05) is 18.4 Å². The van der Waals surface area contributed by atoms with E-state index in [9.17, 15) is 0 Å². The predicted octanol–water partition coefficient (Wildman–Crippen LogP) is 2.30. The maximum absolute atomic E-state index is 5.69. The molecule has 0 spiro atoms. The summed E-state index contributed by atoms with van der Waals surface area (Å²) in [5.74, 6) is 0. The normalized spacial score (nSPS) is 11.6. The summed E-state index contributed by atoms with van der Waals surface area (Å²) >= 11 is 3.61. The van der Waals surface area contributed by atoms with Gasteiger partial charge >= 0.3 is 7.18 Å². The molecule has 1 aromatic rings. The first-order chi connectivity index (χ1) is 6.73. The molecule has 4 heteroatoms. The van der Waals surface area contributed by atoms with Crippen LogP contribution in [0.2, 0.25) is 0 Å². The first-order valence-electron chi connectivity index (χ1n) is 4.75. The summed E-state index contributed by atoms with van der Waals surface area (Å²) in [6, 6.07) is 10.1. The maximum Gasteiger partial charge on any atom is 0.448 e. The highest BCUT2D eigenvalue weighted by Gasteiger charge is 2.36. The second-order valence-corrected chi connectivity index (χ2v) is 8.13. The number of hydrogen-bond acceptors (Lipinski definition) is 2. The van der Waals surface area contributed by atoms with Crippen LogP contribution in [0.1, 0.15) is 13.8 Å². The second-order valence-electron chi connectivity index (χ2n) is 2.77. The molecule has 0 aromatic heterocycles. The molecule has 0 bridgehead atoms. The number of halogens is 1. The fourth-order valence-electron chi connectivity index (χ4n) is 1.22. The molecule has 0 saturated carbocycles. The average Bonchev–Trinajstić information content (AvgIpc) is 2.20. The zero-order valence-corrected chi connectivity index (χ0v) is 11.1. The SMILES string of the molecule is CCO[Si](Br)(OCC)c1ccccc1. The van der Waals surface area contributed by atoms with Crippen molar-refractivity contribution in [3.05, 3.63) is 30.3 Å². The number of rotatable bonds is 5. The Hall–Kier alpha value is -0.163. The molecule has 1 rings (SSSR count). The highest BCUT2D eigenvalue weighted by molar-refractivity contribution is 9.26. The first kappa shape index (κ1) is 11.9. The van der Waals surface area contributed by atoms with Crippen molar-refractivity contribution in [1.82, 2.24) is 0 Å². The molecule has 0 aliphatic heterocycles. The molecule has 0 N–H and O–H groups in total. The zero-order valence-electron chi connectivity index (χ0n) is 8.50. The van der Waals surface area contributed by atoms with E-state index < -0.39 is 7.18 Å². The lowest BCUT2D eigenvalue weighted by atomic mass is 10.4. The van der Waals surface area contributed by atoms with Crippen molar-refractivity contribution in [3.63, 3.8) is 0 Å². The summed E-state index contributed by atoms with van der Waals surface area (Å²) in [5, 5.41) is 1.11. The fourth-order valence-corrected chi connectivity index (χ4v) is 5.13. The lowest BCUT2D eigenvalue weighted by molar-refractivity contribution is 0.219. The molecule has 0 atom stereocenters. The first-order valence-corrected chi connectivity index (χ1v) is 8.82. The Morgan fingerprint density at radius 2 is 1.57 bits per heavy atom. The van der Waals surface area contributed by atoms with Crippen molar-refractivity contribution in [2.24, 2.45) is 0 Å². The molecular weight excluding hydrogens is 260 g/mol. The van der Waals surface area contributed by atoms with Crippen molar-refractivity contribution < 1.29 is 8.85 Å². The van der Waals surface area contributed by atoms with Gasteiger partial charge in [-0.25, -0.2) is 0 Å². The summed E-state index contributed by atoms with van der Waals surface area (Å²) in [5.41, 5.74) is 0. The van der Waals surface area contributed by atoms with E-state index in [1.54, 1.807) is 0 Å². The van der Waals surface area contributed by atoms with E-state index in [0.717, 1.165) is 5.19 Å². The lowest BCUT2D eigenvalue weighted by Crippen LogP contribution is -2.48. The Bertz CT molecular complexity index is 260. The average molecular weight is 275 g/mol. The van der Waals surface area contributed by atoms with E-state index in [4.69, 9.17) is 8.85 Å². The van der Waals surface area contributed by atoms with Crippen molar-refractivity contribution in [3.8, 4) is 0 Å². The quantitative estimate of drug-likeness (QED) is 0.606. The third-order valence-electron chi connectivity index (χ3n) is 1.78.